The van der Waals surface area contributed by atoms with E-state index in [1.807, 2.05) is 36.6 Å². The van der Waals surface area contributed by atoms with Gasteiger partial charge >= 0.3 is 0 Å². The van der Waals surface area contributed by atoms with Crippen molar-refractivity contribution in [2.24, 2.45) is 7.05 Å². The Hall–Kier alpha value is -1.33. The lowest BCUT2D eigenvalue weighted by Gasteiger charge is -2.20. The van der Waals surface area contributed by atoms with Crippen LogP contribution in [0.1, 0.15) is 42.9 Å². The third-order valence-electron chi connectivity index (χ3n) is 3.20. The highest BCUT2D eigenvalue weighted by Crippen LogP contribution is 2.31. The fraction of sp³-hybridized carbons (Fsp3) is 0.538. The average molecular weight is 282 g/mol. The summed E-state index contributed by atoms with van der Waals surface area (Å²) in [5.74, 6) is 0. The lowest BCUT2D eigenvalue weighted by Crippen LogP contribution is -2.23. The van der Waals surface area contributed by atoms with E-state index in [0.29, 0.717) is 5.02 Å². The Kier molecular flexibility index (Phi) is 3.96. The zero-order chi connectivity index (χ0) is 14.2. The highest BCUT2D eigenvalue weighted by molar-refractivity contribution is 6.31. The number of aromatic nitrogens is 4. The summed E-state index contributed by atoms with van der Waals surface area (Å²) in [5.41, 5.74) is 3.10. The summed E-state index contributed by atoms with van der Waals surface area (Å²) in [6.07, 6.45) is 3.72. The van der Waals surface area contributed by atoms with Crippen molar-refractivity contribution in [3.05, 3.63) is 34.4 Å². The number of nitrogens with one attached hydrogen (secondary N) is 1. The van der Waals surface area contributed by atoms with Crippen molar-refractivity contribution in [3.63, 3.8) is 0 Å². The fourth-order valence-electron chi connectivity index (χ4n) is 2.37. The van der Waals surface area contributed by atoms with Crippen molar-refractivity contribution in [3.8, 4) is 0 Å². The number of hydrogen-bond acceptors (Lipinski definition) is 3. The molecule has 0 aliphatic rings. The minimum absolute atomic E-state index is 0.00824. The van der Waals surface area contributed by atoms with Crippen molar-refractivity contribution >= 4 is 11.6 Å². The molecule has 0 aliphatic heterocycles. The topological polar surface area (TPSA) is 47.7 Å². The first-order valence-corrected chi connectivity index (χ1v) is 6.73. The summed E-state index contributed by atoms with van der Waals surface area (Å²) in [4.78, 5) is 0. The first kappa shape index (κ1) is 14.1. The molecular weight excluding hydrogens is 262 g/mol. The van der Waals surface area contributed by atoms with Crippen LogP contribution in [0.25, 0.3) is 0 Å². The van der Waals surface area contributed by atoms with Crippen molar-refractivity contribution < 1.29 is 0 Å². The molecule has 0 bridgehead atoms. The van der Waals surface area contributed by atoms with Crippen LogP contribution in [0.3, 0.4) is 0 Å². The van der Waals surface area contributed by atoms with Gasteiger partial charge in [0.05, 0.1) is 28.6 Å². The Morgan fingerprint density at radius 2 is 2.05 bits per heavy atom. The summed E-state index contributed by atoms with van der Waals surface area (Å²) in [7, 11) is 3.84. The normalized spacial score (nSPS) is 13.2. The molecule has 0 radical (unpaired) electrons. The zero-order valence-corrected chi connectivity index (χ0v) is 12.7. The highest BCUT2D eigenvalue weighted by Gasteiger charge is 2.24. The molecule has 2 rings (SSSR count). The standard InChI is InChI=1S/C13H20ClN5/c1-8(2)19-13(11(14)6-16-19)12(15-4)10-7-18(5)17-9(10)3/h6-8,12,15H,1-5H3. The minimum Gasteiger partial charge on any atom is -0.308 e. The van der Waals surface area contributed by atoms with E-state index in [1.165, 1.54) is 0 Å². The lowest BCUT2D eigenvalue weighted by atomic mass is 10.0. The smallest absolute Gasteiger partial charge is 0.0837 e. The van der Waals surface area contributed by atoms with Crippen LogP contribution in [-0.4, -0.2) is 26.6 Å². The molecule has 0 amide bonds. The molecule has 1 atom stereocenters. The number of rotatable bonds is 4. The van der Waals surface area contributed by atoms with Gasteiger partial charge in [-0.1, -0.05) is 11.6 Å². The molecule has 0 fully saturated rings. The third kappa shape index (κ3) is 2.53. The Balaban J connectivity index is 2.54. The molecule has 6 heteroatoms. The largest absolute Gasteiger partial charge is 0.308 e. The van der Waals surface area contributed by atoms with Gasteiger partial charge < -0.3 is 5.32 Å². The van der Waals surface area contributed by atoms with Crippen molar-refractivity contribution in [2.75, 3.05) is 7.05 Å². The molecule has 2 aromatic heterocycles. The fourth-order valence-corrected chi connectivity index (χ4v) is 2.61. The maximum Gasteiger partial charge on any atom is 0.0837 e. The van der Waals surface area contributed by atoms with Crippen LogP contribution >= 0.6 is 11.6 Å². The van der Waals surface area contributed by atoms with Gasteiger partial charge in [-0.25, -0.2) is 0 Å². The van der Waals surface area contributed by atoms with Gasteiger partial charge in [0.1, 0.15) is 0 Å². The first-order chi connectivity index (χ1) is 8.95. The first-order valence-electron chi connectivity index (χ1n) is 6.36. The Morgan fingerprint density at radius 1 is 1.37 bits per heavy atom. The second-order valence-electron chi connectivity index (χ2n) is 4.98. The Bertz CT molecular complexity index is 570. The van der Waals surface area contributed by atoms with E-state index in [-0.39, 0.29) is 12.1 Å². The molecular formula is C13H20ClN5. The van der Waals surface area contributed by atoms with Crippen LogP contribution < -0.4 is 5.32 Å². The van der Waals surface area contributed by atoms with Crippen LogP contribution in [0.15, 0.2) is 12.4 Å². The molecule has 0 saturated carbocycles. The summed E-state index contributed by atoms with van der Waals surface area (Å²) in [5, 5.41) is 12.8. The van der Waals surface area contributed by atoms with E-state index in [0.717, 1.165) is 17.0 Å². The van der Waals surface area contributed by atoms with Gasteiger partial charge in [-0.05, 0) is 27.8 Å². The third-order valence-corrected chi connectivity index (χ3v) is 3.49. The number of aryl methyl sites for hydroxylation is 2. The van der Waals surface area contributed by atoms with E-state index < -0.39 is 0 Å². The summed E-state index contributed by atoms with van der Waals surface area (Å²) < 4.78 is 3.77. The highest BCUT2D eigenvalue weighted by atomic mass is 35.5. The molecule has 0 spiro atoms. The van der Waals surface area contributed by atoms with Gasteiger partial charge in [-0.3, -0.25) is 9.36 Å². The molecule has 5 nitrogen and oxygen atoms in total. The second kappa shape index (κ2) is 5.35. The van der Waals surface area contributed by atoms with Crippen LogP contribution in [-0.2, 0) is 7.05 Å². The maximum absolute atomic E-state index is 6.32. The molecule has 1 N–H and O–H groups in total. The molecule has 2 aromatic rings. The van der Waals surface area contributed by atoms with E-state index in [2.05, 4.69) is 29.4 Å². The van der Waals surface area contributed by atoms with Crippen molar-refractivity contribution in [2.45, 2.75) is 32.9 Å². The molecule has 104 valence electrons. The number of halogens is 1. The van der Waals surface area contributed by atoms with Crippen LogP contribution in [0.4, 0.5) is 0 Å². The molecule has 0 saturated heterocycles. The van der Waals surface area contributed by atoms with E-state index in [9.17, 15) is 0 Å². The van der Waals surface area contributed by atoms with Gasteiger partial charge in [0, 0.05) is 24.8 Å². The summed E-state index contributed by atoms with van der Waals surface area (Å²) in [6, 6.07) is 0.251. The monoisotopic (exact) mass is 281 g/mol. The van der Waals surface area contributed by atoms with Crippen LogP contribution in [0.5, 0.6) is 0 Å². The summed E-state index contributed by atoms with van der Waals surface area (Å²) >= 11 is 6.32. The van der Waals surface area contributed by atoms with Gasteiger partial charge in [0.15, 0.2) is 0 Å². The quantitative estimate of drug-likeness (QED) is 0.936. The van der Waals surface area contributed by atoms with Gasteiger partial charge in [-0.2, -0.15) is 10.2 Å². The lowest BCUT2D eigenvalue weighted by molar-refractivity contribution is 0.483. The zero-order valence-electron chi connectivity index (χ0n) is 12.0. The maximum atomic E-state index is 6.32. The van der Waals surface area contributed by atoms with Crippen molar-refractivity contribution in [1.29, 1.82) is 0 Å². The average Bonchev–Trinajstić information content (AvgIpc) is 2.85. The Labute approximate surface area is 118 Å². The van der Waals surface area contributed by atoms with Gasteiger partial charge in [0.25, 0.3) is 0 Å². The second-order valence-corrected chi connectivity index (χ2v) is 5.39. The molecule has 2 heterocycles. The minimum atomic E-state index is -0.00824. The molecule has 0 aliphatic carbocycles. The SMILES string of the molecule is CNC(c1cn(C)nc1C)c1c(Cl)cnn1C(C)C. The van der Waals surface area contributed by atoms with E-state index in [1.54, 1.807) is 6.20 Å². The molecule has 1 unspecified atom stereocenters. The van der Waals surface area contributed by atoms with E-state index in [4.69, 9.17) is 11.6 Å². The predicted octanol–water partition coefficient (Wildman–Crippen LogP) is 2.47. The molecule has 0 aromatic carbocycles. The molecule has 19 heavy (non-hydrogen) atoms. The number of nitrogens with zero attached hydrogens (tertiary/aromatic N) is 4. The van der Waals surface area contributed by atoms with Gasteiger partial charge in [-0.15, -0.1) is 0 Å². The van der Waals surface area contributed by atoms with Gasteiger partial charge in [0.2, 0.25) is 0 Å². The van der Waals surface area contributed by atoms with Crippen LogP contribution in [0, 0.1) is 6.92 Å². The Morgan fingerprint density at radius 3 is 2.53 bits per heavy atom. The van der Waals surface area contributed by atoms with Crippen LogP contribution in [0.2, 0.25) is 5.02 Å². The number of hydrogen-bond donors (Lipinski definition) is 1. The van der Waals surface area contributed by atoms with Crippen molar-refractivity contribution in [1.82, 2.24) is 24.9 Å². The predicted molar refractivity (Wildman–Crippen MR) is 76.5 cm³/mol. The van der Waals surface area contributed by atoms with E-state index >= 15 is 0 Å². The summed E-state index contributed by atoms with van der Waals surface area (Å²) in [6.45, 7) is 6.19.